The molecule has 158 valence electrons. The molecule has 10 nitrogen and oxygen atoms in total. The van der Waals surface area contributed by atoms with Crippen LogP contribution in [0.2, 0.25) is 5.02 Å². The topological polar surface area (TPSA) is 132 Å². The van der Waals surface area contributed by atoms with Gasteiger partial charge in [0.25, 0.3) is 11.6 Å². The lowest BCUT2D eigenvalue weighted by molar-refractivity contribution is -0.384. The molecule has 2 aromatic rings. The predicted octanol–water partition coefficient (Wildman–Crippen LogP) is 4.25. The number of carbonyl (C=O) groups excluding carboxylic acids is 2. The van der Waals surface area contributed by atoms with Gasteiger partial charge in [0.2, 0.25) is 6.04 Å². The van der Waals surface area contributed by atoms with E-state index < -0.39 is 22.7 Å². The van der Waals surface area contributed by atoms with Gasteiger partial charge in [0.1, 0.15) is 0 Å². The molecular formula is C19H19ClN4O6. The standard InChI is InChI=1S/C19H19ClN4O6/c1-10-5-7-13(15(9-10)24(27)28)22-23-16(11(2)25)19(26)21-14-8-6-12(20)17(29-3)18(14)30-4/h5-9,16H,1-4H3,(H,21,26). The quantitative estimate of drug-likeness (QED) is 0.285. The van der Waals surface area contributed by atoms with Crippen LogP contribution in [0.4, 0.5) is 17.1 Å². The Labute approximate surface area is 177 Å². The average Bonchev–Trinajstić information content (AvgIpc) is 2.69. The van der Waals surface area contributed by atoms with E-state index in [1.165, 1.54) is 38.5 Å². The lowest BCUT2D eigenvalue weighted by atomic mass is 10.2. The minimum absolute atomic E-state index is 0.0737. The minimum Gasteiger partial charge on any atom is -0.491 e. The van der Waals surface area contributed by atoms with Gasteiger partial charge in [-0.05, 0) is 37.6 Å². The number of amides is 1. The maximum absolute atomic E-state index is 12.7. The Hall–Kier alpha value is -3.53. The van der Waals surface area contributed by atoms with Crippen molar-refractivity contribution in [3.05, 3.63) is 51.0 Å². The summed E-state index contributed by atoms with van der Waals surface area (Å²) in [5.74, 6) is -1.05. The van der Waals surface area contributed by atoms with Gasteiger partial charge in [0, 0.05) is 6.07 Å². The minimum atomic E-state index is -1.53. The van der Waals surface area contributed by atoms with Crippen LogP contribution in [0, 0.1) is 17.0 Å². The van der Waals surface area contributed by atoms with Gasteiger partial charge in [-0.25, -0.2) is 0 Å². The number of azo groups is 1. The van der Waals surface area contributed by atoms with E-state index in [1.54, 1.807) is 13.0 Å². The fourth-order valence-electron chi connectivity index (χ4n) is 2.53. The molecule has 30 heavy (non-hydrogen) atoms. The first-order chi connectivity index (χ1) is 14.2. The third-order valence-electron chi connectivity index (χ3n) is 3.97. The molecule has 2 rings (SSSR count). The van der Waals surface area contributed by atoms with Crippen LogP contribution in [0.25, 0.3) is 0 Å². The van der Waals surface area contributed by atoms with E-state index in [0.717, 1.165) is 6.92 Å². The maximum atomic E-state index is 12.7. The summed E-state index contributed by atoms with van der Waals surface area (Å²) in [6.07, 6.45) is 0. The van der Waals surface area contributed by atoms with Gasteiger partial charge in [0.15, 0.2) is 23.0 Å². The number of ether oxygens (including phenoxy) is 2. The van der Waals surface area contributed by atoms with E-state index in [0.29, 0.717) is 5.56 Å². The number of methoxy groups -OCH3 is 2. The molecule has 1 amide bonds. The van der Waals surface area contributed by atoms with Crippen LogP contribution in [0.15, 0.2) is 40.6 Å². The van der Waals surface area contributed by atoms with E-state index in [2.05, 4.69) is 15.5 Å². The zero-order valence-electron chi connectivity index (χ0n) is 16.6. The maximum Gasteiger partial charge on any atom is 0.296 e. The van der Waals surface area contributed by atoms with Gasteiger partial charge in [-0.2, -0.15) is 5.11 Å². The number of nitro groups is 1. The number of anilines is 1. The zero-order valence-corrected chi connectivity index (χ0v) is 17.4. The highest BCUT2D eigenvalue weighted by atomic mass is 35.5. The van der Waals surface area contributed by atoms with Crippen molar-refractivity contribution in [2.75, 3.05) is 19.5 Å². The molecule has 1 unspecified atom stereocenters. The van der Waals surface area contributed by atoms with Crippen molar-refractivity contribution in [1.82, 2.24) is 0 Å². The van der Waals surface area contributed by atoms with Gasteiger partial charge in [0.05, 0.1) is 29.9 Å². The fourth-order valence-corrected chi connectivity index (χ4v) is 2.76. The van der Waals surface area contributed by atoms with E-state index in [1.807, 2.05) is 0 Å². The molecule has 0 bridgehead atoms. The molecule has 0 aliphatic heterocycles. The monoisotopic (exact) mass is 434 g/mol. The van der Waals surface area contributed by atoms with Gasteiger partial charge in [-0.3, -0.25) is 19.7 Å². The third-order valence-corrected chi connectivity index (χ3v) is 4.27. The molecule has 0 saturated heterocycles. The number of rotatable bonds is 8. The number of nitro benzene ring substituents is 1. The number of nitrogens with zero attached hydrogens (tertiary/aromatic N) is 3. The summed E-state index contributed by atoms with van der Waals surface area (Å²) in [6.45, 7) is 2.85. The van der Waals surface area contributed by atoms with E-state index in [9.17, 15) is 19.7 Å². The molecule has 1 N–H and O–H groups in total. The Balaban J connectivity index is 2.35. The second kappa shape index (κ2) is 9.79. The van der Waals surface area contributed by atoms with Crippen LogP contribution in [-0.2, 0) is 9.59 Å². The van der Waals surface area contributed by atoms with Crippen molar-refractivity contribution in [2.24, 2.45) is 10.2 Å². The highest BCUT2D eigenvalue weighted by molar-refractivity contribution is 6.32. The number of hydrogen-bond acceptors (Lipinski definition) is 8. The molecule has 0 aliphatic rings. The molecule has 0 aliphatic carbocycles. The smallest absolute Gasteiger partial charge is 0.296 e. The first kappa shape index (κ1) is 22.8. The van der Waals surface area contributed by atoms with Gasteiger partial charge < -0.3 is 14.8 Å². The molecular weight excluding hydrogens is 416 g/mol. The zero-order chi connectivity index (χ0) is 22.4. The van der Waals surface area contributed by atoms with Crippen LogP contribution >= 0.6 is 11.6 Å². The summed E-state index contributed by atoms with van der Waals surface area (Å²) in [7, 11) is 2.75. The Kier molecular flexibility index (Phi) is 7.43. The molecule has 0 saturated carbocycles. The average molecular weight is 435 g/mol. The summed E-state index contributed by atoms with van der Waals surface area (Å²) < 4.78 is 10.4. The molecule has 0 spiro atoms. The SMILES string of the molecule is COc1c(Cl)ccc(NC(=O)C(N=Nc2ccc(C)cc2[N+](=O)[O-])C(C)=O)c1OC. The molecule has 11 heteroatoms. The number of aryl methyl sites for hydroxylation is 1. The van der Waals surface area contributed by atoms with E-state index in [4.69, 9.17) is 21.1 Å². The highest BCUT2D eigenvalue weighted by Gasteiger charge is 2.26. The van der Waals surface area contributed by atoms with Gasteiger partial charge in [-0.1, -0.05) is 17.7 Å². The van der Waals surface area contributed by atoms with Crippen molar-refractivity contribution < 1.29 is 24.0 Å². The summed E-state index contributed by atoms with van der Waals surface area (Å²) >= 11 is 6.04. The van der Waals surface area contributed by atoms with Crippen molar-refractivity contribution in [2.45, 2.75) is 19.9 Å². The number of carbonyl (C=O) groups is 2. The van der Waals surface area contributed by atoms with Crippen molar-refractivity contribution in [1.29, 1.82) is 0 Å². The number of ketones is 1. The van der Waals surface area contributed by atoms with E-state index in [-0.39, 0.29) is 33.6 Å². The van der Waals surface area contributed by atoms with Crippen molar-refractivity contribution in [3.63, 3.8) is 0 Å². The van der Waals surface area contributed by atoms with E-state index >= 15 is 0 Å². The lowest BCUT2D eigenvalue weighted by Gasteiger charge is -2.15. The Morgan fingerprint density at radius 3 is 2.40 bits per heavy atom. The summed E-state index contributed by atoms with van der Waals surface area (Å²) in [6, 6.07) is 5.74. The number of hydrogen-bond donors (Lipinski definition) is 1. The van der Waals surface area contributed by atoms with Crippen LogP contribution in [0.1, 0.15) is 12.5 Å². The second-order valence-electron chi connectivity index (χ2n) is 6.13. The van der Waals surface area contributed by atoms with Crippen LogP contribution in [0.3, 0.4) is 0 Å². The normalized spacial score (nSPS) is 11.8. The molecule has 1 atom stereocenters. The third kappa shape index (κ3) is 5.09. The lowest BCUT2D eigenvalue weighted by Crippen LogP contribution is -2.32. The van der Waals surface area contributed by atoms with Crippen LogP contribution in [-0.4, -0.2) is 36.9 Å². The summed E-state index contributed by atoms with van der Waals surface area (Å²) in [4.78, 5) is 35.2. The largest absolute Gasteiger partial charge is 0.491 e. The predicted molar refractivity (Wildman–Crippen MR) is 110 cm³/mol. The summed E-state index contributed by atoms with van der Waals surface area (Å²) in [5.41, 5.74) is 0.498. The molecule has 0 aromatic heterocycles. The van der Waals surface area contributed by atoms with Gasteiger partial charge in [-0.15, -0.1) is 5.11 Å². The number of benzene rings is 2. The number of nitrogens with one attached hydrogen (secondary N) is 1. The molecule has 0 radical (unpaired) electrons. The summed E-state index contributed by atoms with van der Waals surface area (Å²) in [5, 5.41) is 21.5. The van der Waals surface area contributed by atoms with Crippen LogP contribution in [0.5, 0.6) is 11.5 Å². The number of halogens is 1. The Morgan fingerprint density at radius 1 is 1.17 bits per heavy atom. The van der Waals surface area contributed by atoms with Crippen molar-refractivity contribution >= 4 is 40.4 Å². The second-order valence-corrected chi connectivity index (χ2v) is 6.54. The van der Waals surface area contributed by atoms with Crippen molar-refractivity contribution in [3.8, 4) is 11.5 Å². The number of Topliss-reactive ketones (excluding diaryl/α,β-unsaturated/α-hetero) is 1. The first-order valence-corrected chi connectivity index (χ1v) is 8.95. The fraction of sp³-hybridized carbons (Fsp3) is 0.263. The van der Waals surface area contributed by atoms with Crippen LogP contribution < -0.4 is 14.8 Å². The Bertz CT molecular complexity index is 1020. The molecule has 0 heterocycles. The Morgan fingerprint density at radius 2 is 1.83 bits per heavy atom. The molecule has 2 aromatic carbocycles. The van der Waals surface area contributed by atoms with Gasteiger partial charge >= 0.3 is 0 Å². The molecule has 0 fully saturated rings. The highest BCUT2D eigenvalue weighted by Crippen LogP contribution is 2.40. The first-order valence-electron chi connectivity index (χ1n) is 8.57.